The molecule has 0 saturated carbocycles. The number of carbonyl (C=O) groups is 2. The van der Waals surface area contributed by atoms with E-state index in [1.807, 2.05) is 5.32 Å². The summed E-state index contributed by atoms with van der Waals surface area (Å²) in [7, 11) is 2.48. The number of alkyl halides is 3. The van der Waals surface area contributed by atoms with Crippen molar-refractivity contribution in [3.63, 3.8) is 0 Å². The maximum Gasteiger partial charge on any atom is 0.408 e. The zero-order valence-corrected chi connectivity index (χ0v) is 11.6. The monoisotopic (exact) mass is 303 g/mol. The first-order valence-electron chi connectivity index (χ1n) is 6.09. The van der Waals surface area contributed by atoms with Crippen LogP contribution in [0.4, 0.5) is 18.0 Å². The van der Waals surface area contributed by atoms with Crippen LogP contribution in [-0.4, -0.2) is 43.7 Å². The molecule has 1 rings (SSSR count). The molecular formula is C13H16F3N3O2. The zero-order chi connectivity index (χ0) is 16.0. The van der Waals surface area contributed by atoms with Crippen LogP contribution in [0, 0.1) is 0 Å². The molecule has 5 nitrogen and oxygen atoms in total. The quantitative estimate of drug-likeness (QED) is 0.889. The predicted molar refractivity (Wildman–Crippen MR) is 70.5 cm³/mol. The first-order chi connectivity index (χ1) is 9.75. The number of imide groups is 1. The zero-order valence-electron chi connectivity index (χ0n) is 11.6. The number of nitrogens with one attached hydrogen (secondary N) is 2. The summed E-state index contributed by atoms with van der Waals surface area (Å²) in [5, 5.41) is 4.07. The number of rotatable bonds is 4. The summed E-state index contributed by atoms with van der Waals surface area (Å²) in [6.07, 6.45) is -4.54. The average Bonchev–Trinajstić information content (AvgIpc) is 2.37. The van der Waals surface area contributed by atoms with Crippen molar-refractivity contribution in [1.29, 1.82) is 0 Å². The number of hydrogen-bond donors (Lipinski definition) is 2. The van der Waals surface area contributed by atoms with Crippen LogP contribution < -0.4 is 10.6 Å². The molecule has 0 radical (unpaired) electrons. The topological polar surface area (TPSA) is 61.4 Å². The van der Waals surface area contributed by atoms with Gasteiger partial charge in [-0.2, -0.15) is 13.2 Å². The van der Waals surface area contributed by atoms with Gasteiger partial charge in [0.25, 0.3) is 0 Å². The fourth-order valence-corrected chi connectivity index (χ4v) is 1.88. The molecular weight excluding hydrogens is 287 g/mol. The summed E-state index contributed by atoms with van der Waals surface area (Å²) >= 11 is 0. The molecule has 0 spiro atoms. The van der Waals surface area contributed by atoms with Gasteiger partial charge in [-0.3, -0.25) is 15.0 Å². The second-order valence-corrected chi connectivity index (χ2v) is 4.40. The van der Waals surface area contributed by atoms with Crippen molar-refractivity contribution in [2.75, 3.05) is 20.6 Å². The van der Waals surface area contributed by atoms with E-state index in [0.29, 0.717) is 0 Å². The van der Waals surface area contributed by atoms with E-state index in [-0.39, 0.29) is 5.56 Å². The minimum atomic E-state index is -4.54. The van der Waals surface area contributed by atoms with Crippen molar-refractivity contribution in [3.05, 3.63) is 35.9 Å². The molecule has 0 aliphatic carbocycles. The van der Waals surface area contributed by atoms with E-state index in [1.54, 1.807) is 6.07 Å². The SMILES string of the molecule is CNC(=O)NC(=O)CN(C)[C@@H](c1ccccc1)C(F)(F)F. The molecule has 1 atom stereocenters. The molecule has 0 unspecified atom stereocenters. The second kappa shape index (κ2) is 7.07. The van der Waals surface area contributed by atoms with Crippen LogP contribution in [0.15, 0.2) is 30.3 Å². The van der Waals surface area contributed by atoms with E-state index in [0.717, 1.165) is 4.90 Å². The number of amides is 3. The maximum atomic E-state index is 13.2. The third-order valence-corrected chi connectivity index (χ3v) is 2.74. The van der Waals surface area contributed by atoms with Crippen LogP contribution in [0.1, 0.15) is 11.6 Å². The highest BCUT2D eigenvalue weighted by molar-refractivity contribution is 5.95. The van der Waals surface area contributed by atoms with Crippen molar-refractivity contribution in [1.82, 2.24) is 15.5 Å². The summed E-state index contributed by atoms with van der Waals surface area (Å²) in [6.45, 7) is -0.563. The number of halogens is 3. The van der Waals surface area contributed by atoms with Crippen LogP contribution in [0.5, 0.6) is 0 Å². The largest absolute Gasteiger partial charge is 0.408 e. The van der Waals surface area contributed by atoms with Gasteiger partial charge in [-0.05, 0) is 12.6 Å². The molecule has 1 aromatic rings. The first kappa shape index (κ1) is 17.0. The van der Waals surface area contributed by atoms with Crippen LogP contribution in [0.25, 0.3) is 0 Å². The van der Waals surface area contributed by atoms with Gasteiger partial charge in [-0.25, -0.2) is 4.79 Å². The number of hydrogen-bond acceptors (Lipinski definition) is 3. The third kappa shape index (κ3) is 5.07. The van der Waals surface area contributed by atoms with Gasteiger partial charge in [-0.15, -0.1) is 0 Å². The van der Waals surface area contributed by atoms with Gasteiger partial charge in [0.05, 0.1) is 6.54 Å². The van der Waals surface area contributed by atoms with Crippen molar-refractivity contribution >= 4 is 11.9 Å². The van der Waals surface area contributed by atoms with Crippen molar-refractivity contribution in [3.8, 4) is 0 Å². The van der Waals surface area contributed by atoms with E-state index >= 15 is 0 Å². The second-order valence-electron chi connectivity index (χ2n) is 4.40. The van der Waals surface area contributed by atoms with E-state index < -0.39 is 30.7 Å². The molecule has 0 bridgehead atoms. The van der Waals surface area contributed by atoms with Crippen LogP contribution in [0.3, 0.4) is 0 Å². The number of likely N-dealkylation sites (N-methyl/N-ethyl adjacent to an activating group) is 1. The predicted octanol–water partition coefficient (Wildman–Crippen LogP) is 1.68. The Hall–Kier alpha value is -2.09. The van der Waals surface area contributed by atoms with Crippen LogP contribution in [-0.2, 0) is 4.79 Å². The van der Waals surface area contributed by atoms with E-state index in [4.69, 9.17) is 0 Å². The highest BCUT2D eigenvalue weighted by Crippen LogP contribution is 2.36. The van der Waals surface area contributed by atoms with Gasteiger partial charge in [0.15, 0.2) is 0 Å². The number of carbonyl (C=O) groups excluding carboxylic acids is 2. The van der Waals surface area contributed by atoms with Crippen LogP contribution >= 0.6 is 0 Å². The fourth-order valence-electron chi connectivity index (χ4n) is 1.88. The molecule has 2 N–H and O–H groups in total. The highest BCUT2D eigenvalue weighted by atomic mass is 19.4. The lowest BCUT2D eigenvalue weighted by Gasteiger charge is -2.29. The fraction of sp³-hybridized carbons (Fsp3) is 0.385. The van der Waals surface area contributed by atoms with Crippen molar-refractivity contribution in [2.45, 2.75) is 12.2 Å². The Bertz CT molecular complexity index is 491. The highest BCUT2D eigenvalue weighted by Gasteiger charge is 2.43. The summed E-state index contributed by atoms with van der Waals surface area (Å²) in [5.74, 6) is -0.818. The van der Waals surface area contributed by atoms with Crippen molar-refractivity contribution < 1.29 is 22.8 Å². The summed E-state index contributed by atoms with van der Waals surface area (Å²) < 4.78 is 39.5. The Balaban J connectivity index is 2.85. The smallest absolute Gasteiger partial charge is 0.341 e. The standard InChI is InChI=1S/C13H16F3N3O2/c1-17-12(21)18-10(20)8-19(2)11(13(14,15)16)9-6-4-3-5-7-9/h3-7,11H,8H2,1-2H3,(H2,17,18,20,21)/t11-/m0/s1. The molecule has 8 heteroatoms. The molecule has 0 aliphatic rings. The summed E-state index contributed by atoms with van der Waals surface area (Å²) in [6, 6.07) is 4.58. The lowest BCUT2D eigenvalue weighted by atomic mass is 10.1. The molecule has 0 saturated heterocycles. The Morgan fingerprint density at radius 1 is 1.24 bits per heavy atom. The molecule has 116 valence electrons. The molecule has 0 heterocycles. The molecule has 1 aromatic carbocycles. The minimum Gasteiger partial charge on any atom is -0.341 e. The van der Waals surface area contributed by atoms with Gasteiger partial charge in [0.1, 0.15) is 6.04 Å². The molecule has 3 amide bonds. The molecule has 0 fully saturated rings. The maximum absolute atomic E-state index is 13.2. The number of urea groups is 1. The Kier molecular flexibility index (Phi) is 5.71. The summed E-state index contributed by atoms with van der Waals surface area (Å²) in [4.78, 5) is 23.3. The summed E-state index contributed by atoms with van der Waals surface area (Å²) in [5.41, 5.74) is 0.0280. The van der Waals surface area contributed by atoms with E-state index in [1.165, 1.54) is 38.4 Å². The lowest BCUT2D eigenvalue weighted by molar-refractivity contribution is -0.183. The Labute approximate surface area is 120 Å². The normalized spacial score (nSPS) is 12.9. The number of benzene rings is 1. The van der Waals surface area contributed by atoms with Gasteiger partial charge >= 0.3 is 12.2 Å². The van der Waals surface area contributed by atoms with E-state index in [9.17, 15) is 22.8 Å². The van der Waals surface area contributed by atoms with Gasteiger partial charge in [-0.1, -0.05) is 30.3 Å². The lowest BCUT2D eigenvalue weighted by Crippen LogP contribution is -2.45. The van der Waals surface area contributed by atoms with Gasteiger partial charge in [0, 0.05) is 7.05 Å². The third-order valence-electron chi connectivity index (χ3n) is 2.74. The first-order valence-corrected chi connectivity index (χ1v) is 6.09. The van der Waals surface area contributed by atoms with Gasteiger partial charge in [0.2, 0.25) is 5.91 Å². The number of nitrogens with zero attached hydrogens (tertiary/aromatic N) is 1. The minimum absolute atomic E-state index is 0.0280. The Morgan fingerprint density at radius 3 is 2.29 bits per heavy atom. The molecule has 0 aromatic heterocycles. The van der Waals surface area contributed by atoms with Crippen molar-refractivity contribution in [2.24, 2.45) is 0 Å². The molecule has 0 aliphatic heterocycles. The average molecular weight is 303 g/mol. The Morgan fingerprint density at radius 2 is 1.81 bits per heavy atom. The van der Waals surface area contributed by atoms with Gasteiger partial charge < -0.3 is 5.32 Å². The van der Waals surface area contributed by atoms with E-state index in [2.05, 4.69) is 5.32 Å². The van der Waals surface area contributed by atoms with Crippen LogP contribution in [0.2, 0.25) is 0 Å². The molecule has 21 heavy (non-hydrogen) atoms.